The van der Waals surface area contributed by atoms with E-state index in [0.717, 1.165) is 31.1 Å². The lowest BCUT2D eigenvalue weighted by Gasteiger charge is -2.23. The number of β-amino-alcohol motifs (C(OH)–C–C–N with tert-alkyl or cyclic N) is 1. The normalized spacial score (nSPS) is 29.8. The van der Waals surface area contributed by atoms with Crippen molar-refractivity contribution in [1.29, 1.82) is 0 Å². The van der Waals surface area contributed by atoms with Gasteiger partial charge in [-0.05, 0) is 37.0 Å². The summed E-state index contributed by atoms with van der Waals surface area (Å²) in [6.07, 6.45) is 4.04. The van der Waals surface area contributed by atoms with Crippen LogP contribution in [0.15, 0.2) is 24.3 Å². The van der Waals surface area contributed by atoms with Crippen LogP contribution in [0, 0.1) is 5.82 Å². The lowest BCUT2D eigenvalue weighted by Crippen LogP contribution is -2.36. The molecule has 0 bridgehead atoms. The summed E-state index contributed by atoms with van der Waals surface area (Å²) < 4.78 is 12.8. The van der Waals surface area contributed by atoms with Crippen LogP contribution in [0.4, 0.5) is 4.39 Å². The number of halogens is 1. The average Bonchev–Trinajstić information content (AvgIpc) is 3.07. The van der Waals surface area contributed by atoms with E-state index in [2.05, 4.69) is 4.90 Å². The Morgan fingerprint density at radius 3 is 2.65 bits per heavy atom. The number of nitrogens with zero attached hydrogens (tertiary/aromatic N) is 1. The van der Waals surface area contributed by atoms with Crippen molar-refractivity contribution in [1.82, 2.24) is 4.90 Å². The first-order valence-corrected chi connectivity index (χ1v) is 6.36. The zero-order chi connectivity index (χ0) is 11.9. The maximum absolute atomic E-state index is 12.8. The summed E-state index contributed by atoms with van der Waals surface area (Å²) in [4.78, 5) is 2.39. The molecule has 1 aliphatic carbocycles. The molecule has 0 aromatic heterocycles. The Hall–Kier alpha value is -0.930. The molecule has 0 spiro atoms. The van der Waals surface area contributed by atoms with E-state index in [-0.39, 0.29) is 5.82 Å². The minimum atomic E-state index is -0.611. The van der Waals surface area contributed by atoms with Crippen LogP contribution >= 0.6 is 0 Å². The van der Waals surface area contributed by atoms with E-state index in [1.165, 1.54) is 25.0 Å². The molecule has 3 heteroatoms. The van der Waals surface area contributed by atoms with Gasteiger partial charge in [-0.1, -0.05) is 12.1 Å². The third-order valence-corrected chi connectivity index (χ3v) is 3.87. The summed E-state index contributed by atoms with van der Waals surface area (Å²) in [5.74, 6) is -0.216. The van der Waals surface area contributed by atoms with Gasteiger partial charge in [0, 0.05) is 25.6 Å². The molecule has 3 rings (SSSR count). The van der Waals surface area contributed by atoms with E-state index in [1.54, 1.807) is 12.1 Å². The van der Waals surface area contributed by atoms with Crippen LogP contribution < -0.4 is 0 Å². The molecule has 0 amide bonds. The van der Waals surface area contributed by atoms with Gasteiger partial charge in [-0.25, -0.2) is 4.39 Å². The second-order valence-electron chi connectivity index (χ2n) is 5.48. The van der Waals surface area contributed by atoms with Crippen molar-refractivity contribution in [3.05, 3.63) is 35.6 Å². The van der Waals surface area contributed by atoms with Crippen molar-refractivity contribution in [2.24, 2.45) is 0 Å². The minimum absolute atomic E-state index is 0.216. The highest BCUT2D eigenvalue weighted by Gasteiger charge is 2.41. The quantitative estimate of drug-likeness (QED) is 0.865. The van der Waals surface area contributed by atoms with Gasteiger partial charge in [0.15, 0.2) is 0 Å². The Bertz CT molecular complexity index is 401. The molecule has 1 saturated heterocycles. The lowest BCUT2D eigenvalue weighted by molar-refractivity contribution is 0.0487. The molecule has 2 fully saturated rings. The maximum atomic E-state index is 12.8. The molecule has 2 nitrogen and oxygen atoms in total. The molecule has 0 radical (unpaired) electrons. The van der Waals surface area contributed by atoms with Crippen molar-refractivity contribution >= 4 is 0 Å². The Balaban J connectivity index is 1.65. The highest BCUT2D eigenvalue weighted by molar-refractivity contribution is 5.19. The zero-order valence-corrected chi connectivity index (χ0v) is 9.90. The number of hydrogen-bond donors (Lipinski definition) is 1. The van der Waals surface area contributed by atoms with Gasteiger partial charge < -0.3 is 5.11 Å². The second-order valence-corrected chi connectivity index (χ2v) is 5.48. The molecule has 1 aromatic rings. The van der Waals surface area contributed by atoms with E-state index in [0.29, 0.717) is 6.42 Å². The zero-order valence-electron chi connectivity index (χ0n) is 9.90. The second kappa shape index (κ2) is 4.07. The summed E-state index contributed by atoms with van der Waals surface area (Å²) in [7, 11) is 0. The molecule has 92 valence electrons. The lowest BCUT2D eigenvalue weighted by atomic mass is 9.94. The van der Waals surface area contributed by atoms with Crippen LogP contribution in [0.1, 0.15) is 24.8 Å². The molecule has 17 heavy (non-hydrogen) atoms. The van der Waals surface area contributed by atoms with E-state index in [1.807, 2.05) is 0 Å². The number of benzene rings is 1. The summed E-state index contributed by atoms with van der Waals surface area (Å²) in [5.41, 5.74) is 0.409. The fourth-order valence-corrected chi connectivity index (χ4v) is 2.77. The fourth-order valence-electron chi connectivity index (χ4n) is 2.77. The molecule has 1 heterocycles. The Labute approximate surface area is 101 Å². The third-order valence-electron chi connectivity index (χ3n) is 3.87. The molecule has 1 aliphatic heterocycles. The average molecular weight is 235 g/mol. The summed E-state index contributed by atoms with van der Waals surface area (Å²) in [5, 5.41) is 10.5. The number of aliphatic hydroxyl groups is 1. The highest BCUT2D eigenvalue weighted by Crippen LogP contribution is 2.34. The van der Waals surface area contributed by atoms with E-state index in [4.69, 9.17) is 0 Å². The van der Waals surface area contributed by atoms with Crippen LogP contribution in [0.25, 0.3) is 0 Å². The SMILES string of the molecule is OC1(Cc2ccc(F)cc2)CCN(C2CC2)C1. The van der Waals surface area contributed by atoms with Crippen molar-refractivity contribution in [3.8, 4) is 0 Å². The standard InChI is InChI=1S/C14H18FNO/c15-12-3-1-11(2-4-12)9-14(17)7-8-16(10-14)13-5-6-13/h1-4,13,17H,5-10H2. The van der Waals surface area contributed by atoms with Crippen LogP contribution in [0.5, 0.6) is 0 Å². The third kappa shape index (κ3) is 2.50. The van der Waals surface area contributed by atoms with Gasteiger partial charge in [0.05, 0.1) is 5.60 Å². The predicted molar refractivity (Wildman–Crippen MR) is 64.3 cm³/mol. The molecule has 1 atom stereocenters. The summed E-state index contributed by atoms with van der Waals surface area (Å²) >= 11 is 0. The van der Waals surface area contributed by atoms with Gasteiger partial charge in [-0.3, -0.25) is 4.90 Å². The van der Waals surface area contributed by atoms with Crippen molar-refractivity contribution < 1.29 is 9.50 Å². The Kier molecular flexibility index (Phi) is 2.68. The van der Waals surface area contributed by atoms with Crippen molar-refractivity contribution in [2.45, 2.75) is 37.3 Å². The monoisotopic (exact) mass is 235 g/mol. The van der Waals surface area contributed by atoms with Crippen LogP contribution in [-0.4, -0.2) is 34.7 Å². The van der Waals surface area contributed by atoms with E-state index >= 15 is 0 Å². The first kappa shape index (κ1) is 11.2. The summed E-state index contributed by atoms with van der Waals surface area (Å²) in [6, 6.07) is 7.19. The molecule has 1 unspecified atom stereocenters. The number of likely N-dealkylation sites (tertiary alicyclic amines) is 1. The predicted octanol–water partition coefficient (Wildman–Crippen LogP) is 1.97. The number of rotatable bonds is 3. The van der Waals surface area contributed by atoms with Gasteiger partial charge in [-0.2, -0.15) is 0 Å². The van der Waals surface area contributed by atoms with Gasteiger partial charge in [-0.15, -0.1) is 0 Å². The van der Waals surface area contributed by atoms with E-state index < -0.39 is 5.60 Å². The van der Waals surface area contributed by atoms with Gasteiger partial charge >= 0.3 is 0 Å². The maximum Gasteiger partial charge on any atom is 0.123 e. The van der Waals surface area contributed by atoms with Crippen LogP contribution in [0.2, 0.25) is 0 Å². The largest absolute Gasteiger partial charge is 0.388 e. The fraction of sp³-hybridized carbons (Fsp3) is 0.571. The smallest absolute Gasteiger partial charge is 0.123 e. The first-order valence-electron chi connectivity index (χ1n) is 6.36. The molecule has 1 saturated carbocycles. The van der Waals surface area contributed by atoms with Crippen molar-refractivity contribution in [3.63, 3.8) is 0 Å². The van der Waals surface area contributed by atoms with Gasteiger partial charge in [0.2, 0.25) is 0 Å². The Morgan fingerprint density at radius 2 is 2.00 bits per heavy atom. The molecular weight excluding hydrogens is 217 g/mol. The number of hydrogen-bond acceptors (Lipinski definition) is 2. The molecule has 2 aliphatic rings. The molecule has 1 aromatic carbocycles. The molecule has 1 N–H and O–H groups in total. The van der Waals surface area contributed by atoms with Gasteiger partial charge in [0.25, 0.3) is 0 Å². The summed E-state index contributed by atoms with van der Waals surface area (Å²) in [6.45, 7) is 1.78. The van der Waals surface area contributed by atoms with Crippen LogP contribution in [0.3, 0.4) is 0 Å². The molecular formula is C14H18FNO. The minimum Gasteiger partial charge on any atom is -0.388 e. The van der Waals surface area contributed by atoms with Crippen LogP contribution in [-0.2, 0) is 6.42 Å². The van der Waals surface area contributed by atoms with Gasteiger partial charge in [0.1, 0.15) is 5.82 Å². The Morgan fingerprint density at radius 1 is 1.29 bits per heavy atom. The topological polar surface area (TPSA) is 23.5 Å². The van der Waals surface area contributed by atoms with Crippen molar-refractivity contribution in [2.75, 3.05) is 13.1 Å². The highest BCUT2D eigenvalue weighted by atomic mass is 19.1. The first-order chi connectivity index (χ1) is 8.15. The van der Waals surface area contributed by atoms with E-state index in [9.17, 15) is 9.50 Å².